The van der Waals surface area contributed by atoms with Gasteiger partial charge in [0.15, 0.2) is 0 Å². The van der Waals surface area contributed by atoms with Gasteiger partial charge >= 0.3 is 0 Å². The molecule has 0 bridgehead atoms. The highest BCUT2D eigenvalue weighted by Crippen LogP contribution is 2.17. The second-order valence-corrected chi connectivity index (χ2v) is 3.76. The third kappa shape index (κ3) is 2.99. The molecule has 0 unspecified atom stereocenters. The summed E-state index contributed by atoms with van der Waals surface area (Å²) < 4.78 is 26.7. The standard InChI is InChI=1S/C11H13F2N5/c1-18-5-4-15-10(18)2-3-14-9-6-8(11(12)13)16-7-17-9/h4-7,11H,2-3H2,1H3,(H,14,16,17). The van der Waals surface area contributed by atoms with Crippen LogP contribution in [0.3, 0.4) is 0 Å². The van der Waals surface area contributed by atoms with E-state index in [0.29, 0.717) is 18.8 Å². The number of anilines is 1. The number of imidazole rings is 1. The summed E-state index contributed by atoms with van der Waals surface area (Å²) >= 11 is 0. The lowest BCUT2D eigenvalue weighted by Crippen LogP contribution is -2.10. The van der Waals surface area contributed by atoms with Crippen LogP contribution in [0.5, 0.6) is 0 Å². The van der Waals surface area contributed by atoms with E-state index in [0.717, 1.165) is 12.2 Å². The van der Waals surface area contributed by atoms with E-state index < -0.39 is 6.43 Å². The van der Waals surface area contributed by atoms with Gasteiger partial charge in [-0.05, 0) is 0 Å². The van der Waals surface area contributed by atoms with Crippen LogP contribution in [-0.4, -0.2) is 26.1 Å². The number of hydrogen-bond donors (Lipinski definition) is 1. The molecular weight excluding hydrogens is 240 g/mol. The predicted molar refractivity (Wildman–Crippen MR) is 62.4 cm³/mol. The van der Waals surface area contributed by atoms with E-state index in [1.807, 2.05) is 17.8 Å². The number of nitrogens with one attached hydrogen (secondary N) is 1. The third-order valence-electron chi connectivity index (χ3n) is 2.49. The molecule has 2 rings (SSSR count). The van der Waals surface area contributed by atoms with E-state index >= 15 is 0 Å². The van der Waals surface area contributed by atoms with Crippen LogP contribution in [0.4, 0.5) is 14.6 Å². The van der Waals surface area contributed by atoms with Crippen LogP contribution in [0.1, 0.15) is 17.9 Å². The predicted octanol–water partition coefficient (Wildman–Crippen LogP) is 1.80. The fourth-order valence-electron chi connectivity index (χ4n) is 1.53. The summed E-state index contributed by atoms with van der Waals surface area (Å²) in [5, 5.41) is 2.97. The molecule has 1 N–H and O–H groups in total. The highest BCUT2D eigenvalue weighted by Gasteiger charge is 2.09. The van der Waals surface area contributed by atoms with Gasteiger partial charge in [-0.25, -0.2) is 23.7 Å². The molecule has 2 aromatic heterocycles. The molecule has 5 nitrogen and oxygen atoms in total. The first-order valence-corrected chi connectivity index (χ1v) is 5.47. The lowest BCUT2D eigenvalue weighted by atomic mass is 10.3. The second kappa shape index (κ2) is 5.52. The molecule has 0 radical (unpaired) electrons. The molecular formula is C11H13F2N5. The Labute approximate surface area is 103 Å². The molecule has 0 aliphatic carbocycles. The Morgan fingerprint density at radius 2 is 2.17 bits per heavy atom. The molecule has 2 aromatic rings. The Morgan fingerprint density at radius 1 is 1.33 bits per heavy atom. The topological polar surface area (TPSA) is 55.6 Å². The number of aromatic nitrogens is 4. The van der Waals surface area contributed by atoms with Gasteiger partial charge in [-0.1, -0.05) is 0 Å². The first kappa shape index (κ1) is 12.4. The SMILES string of the molecule is Cn1ccnc1CCNc1cc(C(F)F)ncn1. The minimum absolute atomic E-state index is 0.274. The van der Waals surface area contributed by atoms with Crippen LogP contribution in [0.15, 0.2) is 24.8 Å². The Balaban J connectivity index is 1.90. The van der Waals surface area contributed by atoms with E-state index in [2.05, 4.69) is 20.3 Å². The molecule has 96 valence electrons. The van der Waals surface area contributed by atoms with Gasteiger partial charge in [-0.15, -0.1) is 0 Å². The molecule has 18 heavy (non-hydrogen) atoms. The van der Waals surface area contributed by atoms with Crippen molar-refractivity contribution in [2.45, 2.75) is 12.8 Å². The van der Waals surface area contributed by atoms with Gasteiger partial charge in [0.25, 0.3) is 6.43 Å². The van der Waals surface area contributed by atoms with Crippen molar-refractivity contribution in [2.75, 3.05) is 11.9 Å². The number of halogens is 2. The number of alkyl halides is 2. The maximum absolute atomic E-state index is 12.4. The number of hydrogen-bond acceptors (Lipinski definition) is 4. The van der Waals surface area contributed by atoms with Gasteiger partial charge in [-0.3, -0.25) is 0 Å². The summed E-state index contributed by atoms with van der Waals surface area (Å²) in [6.45, 7) is 0.574. The first-order valence-electron chi connectivity index (χ1n) is 5.47. The maximum atomic E-state index is 12.4. The molecule has 2 heterocycles. The van der Waals surface area contributed by atoms with Gasteiger partial charge < -0.3 is 9.88 Å². The van der Waals surface area contributed by atoms with Gasteiger partial charge in [0.2, 0.25) is 0 Å². The van der Waals surface area contributed by atoms with Crippen molar-refractivity contribution in [3.05, 3.63) is 36.3 Å². The van der Waals surface area contributed by atoms with Gasteiger partial charge in [0.05, 0.1) is 0 Å². The molecule has 0 saturated carbocycles. The quantitative estimate of drug-likeness (QED) is 0.882. The van der Waals surface area contributed by atoms with E-state index in [1.54, 1.807) is 6.20 Å². The van der Waals surface area contributed by atoms with Crippen LogP contribution in [0.25, 0.3) is 0 Å². The summed E-state index contributed by atoms with van der Waals surface area (Å²) in [6.07, 6.45) is 2.81. The molecule has 0 atom stereocenters. The molecule has 0 saturated heterocycles. The zero-order valence-corrected chi connectivity index (χ0v) is 9.85. The highest BCUT2D eigenvalue weighted by molar-refractivity contribution is 5.35. The van der Waals surface area contributed by atoms with E-state index in [4.69, 9.17) is 0 Å². The summed E-state index contributed by atoms with van der Waals surface area (Å²) in [5.74, 6) is 1.32. The Morgan fingerprint density at radius 3 is 2.83 bits per heavy atom. The lowest BCUT2D eigenvalue weighted by molar-refractivity contribution is 0.146. The molecule has 0 aliphatic heterocycles. The summed E-state index contributed by atoms with van der Waals surface area (Å²) in [5.41, 5.74) is -0.274. The van der Waals surface area contributed by atoms with Crippen LogP contribution in [-0.2, 0) is 13.5 Å². The zero-order valence-electron chi connectivity index (χ0n) is 9.85. The molecule has 0 fully saturated rings. The fourth-order valence-corrected chi connectivity index (χ4v) is 1.53. The molecule has 0 aliphatic rings. The maximum Gasteiger partial charge on any atom is 0.280 e. The fraction of sp³-hybridized carbons (Fsp3) is 0.364. The average Bonchev–Trinajstić information content (AvgIpc) is 2.76. The smallest absolute Gasteiger partial charge is 0.280 e. The Kier molecular flexibility index (Phi) is 3.81. The van der Waals surface area contributed by atoms with Gasteiger partial charge in [0.1, 0.15) is 23.7 Å². The van der Waals surface area contributed by atoms with Crippen LogP contribution >= 0.6 is 0 Å². The average molecular weight is 253 g/mol. The molecule has 0 aromatic carbocycles. The van der Waals surface area contributed by atoms with E-state index in [1.165, 1.54) is 6.07 Å². The van der Waals surface area contributed by atoms with Crippen LogP contribution < -0.4 is 5.32 Å². The largest absolute Gasteiger partial charge is 0.370 e. The van der Waals surface area contributed by atoms with Gasteiger partial charge in [0, 0.05) is 38.5 Å². The first-order chi connectivity index (χ1) is 8.66. The molecule has 0 spiro atoms. The van der Waals surface area contributed by atoms with Crippen molar-refractivity contribution in [2.24, 2.45) is 7.05 Å². The highest BCUT2D eigenvalue weighted by atomic mass is 19.3. The Hall–Kier alpha value is -2.05. The monoisotopic (exact) mass is 253 g/mol. The summed E-state index contributed by atoms with van der Waals surface area (Å²) in [4.78, 5) is 11.5. The second-order valence-electron chi connectivity index (χ2n) is 3.76. The van der Waals surface area contributed by atoms with E-state index in [9.17, 15) is 8.78 Å². The van der Waals surface area contributed by atoms with Crippen molar-refractivity contribution >= 4 is 5.82 Å². The number of nitrogens with zero attached hydrogens (tertiary/aromatic N) is 4. The van der Waals surface area contributed by atoms with Crippen LogP contribution in [0.2, 0.25) is 0 Å². The zero-order chi connectivity index (χ0) is 13.0. The van der Waals surface area contributed by atoms with Crippen molar-refractivity contribution in [3.8, 4) is 0 Å². The summed E-state index contributed by atoms with van der Waals surface area (Å²) in [7, 11) is 1.90. The molecule has 0 amide bonds. The minimum Gasteiger partial charge on any atom is -0.370 e. The van der Waals surface area contributed by atoms with Crippen molar-refractivity contribution in [1.29, 1.82) is 0 Å². The van der Waals surface area contributed by atoms with E-state index in [-0.39, 0.29) is 5.69 Å². The third-order valence-corrected chi connectivity index (χ3v) is 2.49. The normalized spacial score (nSPS) is 10.9. The number of rotatable bonds is 5. The minimum atomic E-state index is -2.58. The Bertz CT molecular complexity index is 512. The van der Waals surface area contributed by atoms with Crippen molar-refractivity contribution in [1.82, 2.24) is 19.5 Å². The molecule has 7 heteroatoms. The van der Waals surface area contributed by atoms with Gasteiger partial charge in [-0.2, -0.15) is 0 Å². The van der Waals surface area contributed by atoms with Crippen molar-refractivity contribution < 1.29 is 8.78 Å². The van der Waals surface area contributed by atoms with Crippen molar-refractivity contribution in [3.63, 3.8) is 0 Å². The lowest BCUT2D eigenvalue weighted by Gasteiger charge is -2.06. The summed E-state index contributed by atoms with van der Waals surface area (Å²) in [6, 6.07) is 1.25. The number of aryl methyl sites for hydroxylation is 1. The van der Waals surface area contributed by atoms with Crippen LogP contribution in [0, 0.1) is 0 Å².